The van der Waals surface area contributed by atoms with Crippen LogP contribution in [0.4, 0.5) is 184 Å². The standard InChI is InChI=1S/C18F42N3P3/c19-1(20,7(31,32)33)13(49,50)64(14(51,52)2(21,22)8(34,35)36)61-65(15(53,54)3(23,24)9(37,38)39,16(55,56)4(25,26)10(40,41)42)63-66(62-64,17(57,58)5(27,28)11(43,44)45)18(59,60)6(29,30)12(46,47)48. The minimum atomic E-state index is -13.4. The van der Waals surface area contributed by atoms with Gasteiger partial charge in [0.1, 0.15) is 0 Å². The molecule has 1 rings (SSSR count). The van der Waals surface area contributed by atoms with E-state index in [4.69, 9.17) is 0 Å². The first kappa shape index (κ1) is 61.8. The maximum Gasteiger partial charge on any atom is 0.460 e. The molecule has 0 aromatic rings. The Kier molecular flexibility index (Phi) is 13.9. The van der Waals surface area contributed by atoms with Crippen molar-refractivity contribution in [2.24, 2.45) is 13.5 Å². The second kappa shape index (κ2) is 14.9. The third-order valence-corrected chi connectivity index (χ3v) is 20.1. The molecule has 0 aromatic heterocycles. The van der Waals surface area contributed by atoms with E-state index < -0.39 is 142 Å². The van der Waals surface area contributed by atoms with E-state index in [0.29, 0.717) is 0 Å². The Labute approximate surface area is 327 Å². The molecule has 66 heavy (non-hydrogen) atoms. The molecular weight excluding hydrogens is 1150 g/mol. The van der Waals surface area contributed by atoms with Gasteiger partial charge in [-0.3, -0.25) is 0 Å². The molecule has 0 unspecified atom stereocenters. The lowest BCUT2D eigenvalue weighted by Gasteiger charge is -2.51. The highest BCUT2D eigenvalue weighted by molar-refractivity contribution is 7.89. The Hall–Kier alpha value is -2.25. The Balaban J connectivity index is 6.57. The molecule has 0 spiro atoms. The van der Waals surface area contributed by atoms with Crippen LogP contribution >= 0.6 is 21.6 Å². The Morgan fingerprint density at radius 1 is 0.152 bits per heavy atom. The quantitative estimate of drug-likeness (QED) is 0.138. The molecule has 0 aliphatic carbocycles. The van der Waals surface area contributed by atoms with Crippen LogP contribution in [0.2, 0.25) is 0 Å². The smallest absolute Gasteiger partial charge is 0.217 e. The predicted octanol–water partition coefficient (Wildman–Crippen LogP) is 17.1. The van der Waals surface area contributed by atoms with E-state index in [1.165, 1.54) is 0 Å². The molecule has 1 heterocycles. The average molecular weight is 1150 g/mol. The molecule has 0 aromatic carbocycles. The highest BCUT2D eigenvalue weighted by atomic mass is 31.3. The summed E-state index contributed by atoms with van der Waals surface area (Å²) >= 11 is 0. The molecule has 0 bridgehead atoms. The van der Waals surface area contributed by atoms with Gasteiger partial charge in [0.25, 0.3) is 0 Å². The van der Waals surface area contributed by atoms with Crippen molar-refractivity contribution >= 4 is 21.6 Å². The molecular formula is C18F42N3P3. The third-order valence-electron chi connectivity index (χ3n) is 7.53. The van der Waals surface area contributed by atoms with Crippen molar-refractivity contribution < 1.29 is 184 Å². The average Bonchev–Trinajstić information content (AvgIpc) is 3.03. The zero-order chi connectivity index (χ0) is 54.6. The highest BCUT2D eigenvalue weighted by Gasteiger charge is 2.98. The van der Waals surface area contributed by atoms with Crippen LogP contribution in [0.15, 0.2) is 13.5 Å². The monoisotopic (exact) mass is 1150 g/mol. The van der Waals surface area contributed by atoms with Gasteiger partial charge < -0.3 is 0 Å². The molecule has 0 saturated heterocycles. The van der Waals surface area contributed by atoms with Crippen LogP contribution in [0, 0.1) is 0 Å². The summed E-state index contributed by atoms with van der Waals surface area (Å²) in [6, 6.07) is 0. The molecule has 1 aliphatic heterocycles. The number of hydrogen-bond acceptors (Lipinski definition) is 3. The van der Waals surface area contributed by atoms with Gasteiger partial charge in [0, 0.05) is 0 Å². The lowest BCUT2D eigenvalue weighted by Crippen LogP contribution is -2.62. The van der Waals surface area contributed by atoms with Crippen molar-refractivity contribution in [2.45, 2.75) is 107 Å². The van der Waals surface area contributed by atoms with Crippen LogP contribution in [-0.4, -0.2) is 107 Å². The molecule has 0 saturated carbocycles. The Bertz CT molecular complexity index is 1650. The molecule has 0 fully saturated rings. The summed E-state index contributed by atoms with van der Waals surface area (Å²) in [5.74, 6) is -62.0. The van der Waals surface area contributed by atoms with Gasteiger partial charge in [0.2, 0.25) is 21.6 Å². The fourth-order valence-corrected chi connectivity index (χ4v) is 19.5. The van der Waals surface area contributed by atoms with Gasteiger partial charge in [0.05, 0.1) is 0 Å². The zero-order valence-electron chi connectivity index (χ0n) is 27.6. The second-order valence-electron chi connectivity index (χ2n) is 11.8. The van der Waals surface area contributed by atoms with E-state index in [9.17, 15) is 132 Å². The number of alkyl halides is 42. The third kappa shape index (κ3) is 7.21. The molecule has 1 aliphatic rings. The van der Waals surface area contributed by atoms with E-state index in [1.807, 2.05) is 0 Å². The normalized spacial score (nSPS) is 20.1. The van der Waals surface area contributed by atoms with E-state index in [2.05, 4.69) is 0 Å². The van der Waals surface area contributed by atoms with E-state index in [-0.39, 0.29) is 0 Å². The van der Waals surface area contributed by atoms with Gasteiger partial charge in [0.15, 0.2) is 0 Å². The van der Waals surface area contributed by atoms with Gasteiger partial charge in [-0.25, -0.2) is 13.5 Å². The van der Waals surface area contributed by atoms with Gasteiger partial charge in [-0.2, -0.15) is 184 Å². The highest BCUT2D eigenvalue weighted by Crippen LogP contribution is 3.01. The van der Waals surface area contributed by atoms with Crippen molar-refractivity contribution in [2.75, 3.05) is 0 Å². The SMILES string of the molecule is FC(F)(F)C(F)(F)C(F)(F)P1(C(F)(F)C(F)(F)C(F)(F)F)=NP(C(F)(F)C(F)(F)C(F)(F)F)(C(F)(F)C(F)(F)C(F)(F)F)=NP(C(F)(F)C(F)(F)C(F)(F)F)(C(F)(F)C(F)(F)C(F)(F)F)=N1. The maximum atomic E-state index is 15.6. The molecule has 0 radical (unpaired) electrons. The molecule has 0 amide bonds. The largest absolute Gasteiger partial charge is 0.460 e. The van der Waals surface area contributed by atoms with E-state index in [0.717, 1.165) is 0 Å². The second-order valence-corrected chi connectivity index (χ2v) is 20.9. The lowest BCUT2D eigenvalue weighted by atomic mass is 10.3. The Morgan fingerprint density at radius 2 is 0.227 bits per heavy atom. The summed E-state index contributed by atoms with van der Waals surface area (Å²) in [5, 5.41) is 0. The van der Waals surface area contributed by atoms with Crippen LogP contribution in [0.1, 0.15) is 0 Å². The Morgan fingerprint density at radius 3 is 0.288 bits per heavy atom. The summed E-state index contributed by atoms with van der Waals surface area (Å²) in [4.78, 5) is 0. The summed E-state index contributed by atoms with van der Waals surface area (Å²) < 4.78 is 596. The molecule has 3 nitrogen and oxygen atoms in total. The number of rotatable bonds is 12. The van der Waals surface area contributed by atoms with E-state index in [1.54, 1.807) is 0 Å². The van der Waals surface area contributed by atoms with Crippen molar-refractivity contribution in [3.05, 3.63) is 0 Å². The molecule has 396 valence electrons. The summed E-state index contributed by atoms with van der Waals surface area (Å²) in [5.41, 5.74) is -66.0. The molecule has 0 atom stereocenters. The number of hydrogen-bond donors (Lipinski definition) is 0. The van der Waals surface area contributed by atoms with Crippen LogP contribution in [0.5, 0.6) is 0 Å². The van der Waals surface area contributed by atoms with E-state index >= 15 is 52.7 Å². The summed E-state index contributed by atoms with van der Waals surface area (Å²) in [6.07, 6.45) is -57.4. The minimum Gasteiger partial charge on any atom is -0.217 e. The first-order valence-electron chi connectivity index (χ1n) is 13.5. The number of halogens is 42. The summed E-state index contributed by atoms with van der Waals surface area (Å²) in [6.45, 7) is 0. The van der Waals surface area contributed by atoms with Crippen molar-refractivity contribution in [3.63, 3.8) is 0 Å². The van der Waals surface area contributed by atoms with Gasteiger partial charge >= 0.3 is 107 Å². The summed E-state index contributed by atoms with van der Waals surface area (Å²) in [7, 11) is -40.3. The fraction of sp³-hybridized carbons (Fsp3) is 1.00. The topological polar surface area (TPSA) is 37.1 Å². The zero-order valence-corrected chi connectivity index (χ0v) is 30.2. The van der Waals surface area contributed by atoms with Crippen LogP contribution in [0.25, 0.3) is 0 Å². The molecule has 0 N–H and O–H groups in total. The number of nitrogens with zero attached hydrogens (tertiary/aromatic N) is 3. The first-order valence-corrected chi connectivity index (χ1v) is 18.6. The predicted molar refractivity (Wildman–Crippen MR) is 124 cm³/mol. The lowest BCUT2D eigenvalue weighted by molar-refractivity contribution is -0.346. The van der Waals surface area contributed by atoms with Gasteiger partial charge in [-0.15, -0.1) is 0 Å². The maximum absolute atomic E-state index is 15.6. The minimum absolute atomic E-state index is 1.16. The fourth-order valence-electron chi connectivity index (χ4n) is 4.02. The van der Waals surface area contributed by atoms with Crippen LogP contribution in [-0.2, 0) is 0 Å². The van der Waals surface area contributed by atoms with Crippen LogP contribution in [0.3, 0.4) is 0 Å². The van der Waals surface area contributed by atoms with Crippen molar-refractivity contribution in [3.8, 4) is 0 Å². The van der Waals surface area contributed by atoms with Gasteiger partial charge in [-0.1, -0.05) is 0 Å². The van der Waals surface area contributed by atoms with Crippen molar-refractivity contribution in [1.29, 1.82) is 0 Å². The molecule has 48 heteroatoms. The van der Waals surface area contributed by atoms with Crippen molar-refractivity contribution in [1.82, 2.24) is 0 Å². The first-order chi connectivity index (χ1) is 27.6. The van der Waals surface area contributed by atoms with Gasteiger partial charge in [-0.05, 0) is 0 Å². The van der Waals surface area contributed by atoms with Crippen LogP contribution < -0.4 is 0 Å².